The molecule has 0 spiro atoms. The molecule has 0 amide bonds. The van der Waals surface area contributed by atoms with E-state index >= 15 is 0 Å². The first-order chi connectivity index (χ1) is 16.4. The van der Waals surface area contributed by atoms with Crippen LogP contribution >= 0.6 is 0 Å². The highest BCUT2D eigenvalue weighted by Crippen LogP contribution is 2.50. The number of alkyl halides is 3. The average molecular weight is 472 g/mol. The highest BCUT2D eigenvalue weighted by Gasteiger charge is 2.42. The number of likely N-dealkylation sites (tertiary alicyclic amines) is 1. The van der Waals surface area contributed by atoms with E-state index in [4.69, 9.17) is 4.74 Å². The summed E-state index contributed by atoms with van der Waals surface area (Å²) in [5, 5.41) is 0. The zero-order chi connectivity index (χ0) is 23.7. The van der Waals surface area contributed by atoms with Crippen molar-refractivity contribution in [1.29, 1.82) is 0 Å². The first-order valence-electron chi connectivity index (χ1n) is 12.9. The number of aryl methyl sites for hydroxylation is 2. The summed E-state index contributed by atoms with van der Waals surface area (Å²) in [5.41, 5.74) is 5.31. The number of hydrogen-bond acceptors (Lipinski definition) is 2. The summed E-state index contributed by atoms with van der Waals surface area (Å²) in [6, 6.07) is 15.2. The second-order valence-electron chi connectivity index (χ2n) is 10.8. The first kappa shape index (κ1) is 23.7. The van der Waals surface area contributed by atoms with E-state index in [0.717, 1.165) is 38.2 Å². The third-order valence-electron chi connectivity index (χ3n) is 8.34. The van der Waals surface area contributed by atoms with Gasteiger partial charge in [-0.25, -0.2) is 8.78 Å². The number of ether oxygens (including phenoxy) is 1. The zero-order valence-electron chi connectivity index (χ0n) is 20.1. The largest absolute Gasteiger partial charge is 0.492 e. The van der Waals surface area contributed by atoms with Crippen molar-refractivity contribution >= 4 is 0 Å². The van der Waals surface area contributed by atoms with Gasteiger partial charge in [0.05, 0.1) is 6.67 Å². The maximum Gasteiger partial charge on any atom is 0.248 e. The van der Waals surface area contributed by atoms with Gasteiger partial charge in [-0.1, -0.05) is 35.9 Å². The third-order valence-corrected chi connectivity index (χ3v) is 8.34. The summed E-state index contributed by atoms with van der Waals surface area (Å²) in [6.07, 6.45) is 3.39. The Hall–Kier alpha value is -2.01. The van der Waals surface area contributed by atoms with Crippen LogP contribution in [0.1, 0.15) is 60.3 Å². The highest BCUT2D eigenvalue weighted by molar-refractivity contribution is 5.44. The van der Waals surface area contributed by atoms with Crippen molar-refractivity contribution in [3.8, 4) is 5.75 Å². The molecule has 0 aromatic heterocycles. The van der Waals surface area contributed by atoms with E-state index < -0.39 is 5.92 Å². The fourth-order valence-corrected chi connectivity index (χ4v) is 6.42. The third kappa shape index (κ3) is 5.15. The van der Waals surface area contributed by atoms with Crippen molar-refractivity contribution in [2.75, 3.05) is 32.9 Å². The normalized spacial score (nSPS) is 25.5. The summed E-state index contributed by atoms with van der Waals surface area (Å²) in [7, 11) is 0. The van der Waals surface area contributed by atoms with Crippen LogP contribution in [0.2, 0.25) is 0 Å². The summed E-state index contributed by atoms with van der Waals surface area (Å²) in [5.74, 6) is -0.455. The second kappa shape index (κ2) is 9.93. The molecular weight excluding hydrogens is 435 g/mol. The molecule has 1 aliphatic heterocycles. The first-order valence-corrected chi connectivity index (χ1v) is 12.9. The van der Waals surface area contributed by atoms with Crippen LogP contribution in [0.15, 0.2) is 42.5 Å². The topological polar surface area (TPSA) is 12.5 Å². The molecule has 5 rings (SSSR count). The number of nitrogens with zero attached hydrogens (tertiary/aromatic N) is 1. The lowest BCUT2D eigenvalue weighted by Crippen LogP contribution is -2.49. The maximum atomic E-state index is 13.9. The number of halogens is 3. The minimum atomic E-state index is -2.49. The standard InChI is InChI=1S/C29H36F3NO/c1-20-2-8-27-24(16-20)5-9-26(22-10-12-29(31,32)13-11-22)28(27)23-3-6-25(7-4-23)34-15-14-33-18-21(17-30)19-33/h2-4,6-8,16,21-22,26,28H,5,9-15,17-19H2,1H3/t26-,28+/m1/s1. The van der Waals surface area contributed by atoms with Crippen molar-refractivity contribution in [2.45, 2.75) is 57.3 Å². The van der Waals surface area contributed by atoms with Crippen molar-refractivity contribution in [3.63, 3.8) is 0 Å². The predicted molar refractivity (Wildman–Crippen MR) is 130 cm³/mol. The van der Waals surface area contributed by atoms with Crippen molar-refractivity contribution in [1.82, 2.24) is 4.90 Å². The Bertz CT molecular complexity index is 960. The van der Waals surface area contributed by atoms with Gasteiger partial charge in [0.15, 0.2) is 0 Å². The smallest absolute Gasteiger partial charge is 0.248 e. The van der Waals surface area contributed by atoms with E-state index in [1.54, 1.807) is 0 Å². The summed E-state index contributed by atoms with van der Waals surface area (Å²) in [6.45, 7) is 4.98. The number of rotatable bonds is 7. The molecule has 5 heteroatoms. The van der Waals surface area contributed by atoms with E-state index in [1.807, 2.05) is 12.1 Å². The lowest BCUT2D eigenvalue weighted by Gasteiger charge is -2.42. The fraction of sp³-hybridized carbons (Fsp3) is 0.586. The molecule has 2 atom stereocenters. The lowest BCUT2D eigenvalue weighted by molar-refractivity contribution is -0.0539. The predicted octanol–water partition coefficient (Wildman–Crippen LogP) is 6.79. The Morgan fingerprint density at radius 3 is 2.44 bits per heavy atom. The molecular formula is C29H36F3NO. The average Bonchev–Trinajstić information content (AvgIpc) is 2.80. The van der Waals surface area contributed by atoms with Gasteiger partial charge in [0.25, 0.3) is 0 Å². The molecule has 2 aromatic rings. The molecule has 1 saturated heterocycles. The summed E-state index contributed by atoms with van der Waals surface area (Å²) < 4.78 is 46.3. The van der Waals surface area contributed by atoms with Crippen LogP contribution in [0, 0.1) is 24.7 Å². The molecule has 34 heavy (non-hydrogen) atoms. The minimum Gasteiger partial charge on any atom is -0.492 e. The molecule has 0 bridgehead atoms. The van der Waals surface area contributed by atoms with Crippen molar-refractivity contribution in [2.24, 2.45) is 17.8 Å². The Morgan fingerprint density at radius 1 is 1.00 bits per heavy atom. The lowest BCUT2D eigenvalue weighted by atomic mass is 9.63. The molecule has 2 nitrogen and oxygen atoms in total. The van der Waals surface area contributed by atoms with Crippen molar-refractivity contribution < 1.29 is 17.9 Å². The van der Waals surface area contributed by atoms with E-state index in [1.165, 1.54) is 22.3 Å². The van der Waals surface area contributed by atoms with E-state index in [-0.39, 0.29) is 31.4 Å². The Kier molecular flexibility index (Phi) is 6.92. The van der Waals surface area contributed by atoms with Crippen molar-refractivity contribution in [3.05, 3.63) is 64.7 Å². The van der Waals surface area contributed by atoms with Gasteiger partial charge in [0, 0.05) is 44.3 Å². The minimum absolute atomic E-state index is 0.0253. The van der Waals surface area contributed by atoms with Crippen LogP contribution in [-0.4, -0.2) is 43.7 Å². The quantitative estimate of drug-likeness (QED) is 0.441. The van der Waals surface area contributed by atoms with Gasteiger partial charge in [0.2, 0.25) is 5.92 Å². The second-order valence-corrected chi connectivity index (χ2v) is 10.8. The monoisotopic (exact) mass is 471 g/mol. The van der Waals surface area contributed by atoms with Gasteiger partial charge in [-0.15, -0.1) is 0 Å². The van der Waals surface area contributed by atoms with Gasteiger partial charge in [0.1, 0.15) is 12.4 Å². The number of benzene rings is 2. The Balaban J connectivity index is 1.30. The van der Waals surface area contributed by atoms with E-state index in [2.05, 4.69) is 42.2 Å². The molecule has 3 aliphatic rings. The molecule has 0 unspecified atom stereocenters. The van der Waals surface area contributed by atoms with E-state index in [0.29, 0.717) is 31.3 Å². The molecule has 184 valence electrons. The van der Waals surface area contributed by atoms with Crippen LogP contribution in [-0.2, 0) is 6.42 Å². The molecule has 1 saturated carbocycles. The fourth-order valence-electron chi connectivity index (χ4n) is 6.42. The van der Waals surface area contributed by atoms with Gasteiger partial charge in [-0.3, -0.25) is 9.29 Å². The summed E-state index contributed by atoms with van der Waals surface area (Å²) >= 11 is 0. The Morgan fingerprint density at radius 2 is 1.74 bits per heavy atom. The summed E-state index contributed by atoms with van der Waals surface area (Å²) in [4.78, 5) is 2.22. The van der Waals surface area contributed by atoms with Gasteiger partial charge < -0.3 is 4.74 Å². The molecule has 2 aliphatic carbocycles. The van der Waals surface area contributed by atoms with Crippen LogP contribution < -0.4 is 4.74 Å². The maximum absolute atomic E-state index is 13.9. The molecule has 0 radical (unpaired) electrons. The SMILES string of the molecule is Cc1ccc2c(c1)CC[C@H](C1CCC(F)(F)CC1)[C@@H]2c1ccc(OCCN2CC(CF)C2)cc1. The van der Waals surface area contributed by atoms with Crippen LogP contribution in [0.5, 0.6) is 5.75 Å². The Labute approximate surface area is 201 Å². The van der Waals surface area contributed by atoms with E-state index in [9.17, 15) is 13.2 Å². The van der Waals surface area contributed by atoms with Gasteiger partial charge in [-0.05, 0) is 73.3 Å². The molecule has 0 N–H and O–H groups in total. The zero-order valence-corrected chi connectivity index (χ0v) is 20.1. The molecule has 2 fully saturated rings. The molecule has 1 heterocycles. The number of hydrogen-bond donors (Lipinski definition) is 0. The number of fused-ring (bicyclic) bond motifs is 1. The van der Waals surface area contributed by atoms with Crippen LogP contribution in [0.3, 0.4) is 0 Å². The van der Waals surface area contributed by atoms with Crippen LogP contribution in [0.4, 0.5) is 13.2 Å². The van der Waals surface area contributed by atoms with Crippen LogP contribution in [0.25, 0.3) is 0 Å². The highest BCUT2D eigenvalue weighted by atomic mass is 19.3. The van der Waals surface area contributed by atoms with Gasteiger partial charge in [-0.2, -0.15) is 0 Å². The van der Waals surface area contributed by atoms with Gasteiger partial charge >= 0.3 is 0 Å². The molecule has 2 aromatic carbocycles.